The first kappa shape index (κ1) is 9.74. The van der Waals surface area contributed by atoms with Gasteiger partial charge in [-0.15, -0.1) is 0 Å². The molecule has 1 N–H and O–H groups in total. The van der Waals surface area contributed by atoms with Crippen LogP contribution in [-0.2, 0) is 0 Å². The van der Waals surface area contributed by atoms with Crippen LogP contribution in [0.15, 0.2) is 36.4 Å². The third-order valence-corrected chi connectivity index (χ3v) is 2.16. The van der Waals surface area contributed by atoms with Gasteiger partial charge in [-0.05, 0) is 29.0 Å². The average Bonchev–Trinajstić information content (AvgIpc) is 2.29. The Balaban J connectivity index is 2.49. The third kappa shape index (κ3) is 2.00. The summed E-state index contributed by atoms with van der Waals surface area (Å²) in [6.45, 7) is 0. The Bertz CT molecular complexity index is 496. The molecule has 0 aromatic heterocycles. The number of rotatable bonds is 3. The van der Waals surface area contributed by atoms with Gasteiger partial charge in [-0.3, -0.25) is 4.79 Å². The van der Waals surface area contributed by atoms with Gasteiger partial charge in [0.25, 0.3) is 0 Å². The molecule has 0 aliphatic carbocycles. The molecule has 2 rings (SSSR count). The van der Waals surface area contributed by atoms with E-state index >= 15 is 0 Å². The molecule has 0 atom stereocenters. The van der Waals surface area contributed by atoms with Crippen molar-refractivity contribution in [1.82, 2.24) is 0 Å². The fraction of sp³-hybridized carbons (Fsp3) is 0. The zero-order valence-corrected chi connectivity index (χ0v) is 7.88. The Hall–Kier alpha value is -1.81. The van der Waals surface area contributed by atoms with Crippen LogP contribution < -0.4 is 4.65 Å². The quantitative estimate of drug-likeness (QED) is 0.602. The van der Waals surface area contributed by atoms with Gasteiger partial charge in [0, 0.05) is 5.56 Å². The van der Waals surface area contributed by atoms with Crippen molar-refractivity contribution >= 4 is 24.7 Å². The second kappa shape index (κ2) is 4.15. The van der Waals surface area contributed by atoms with Crippen molar-refractivity contribution in [3.05, 3.63) is 42.0 Å². The van der Waals surface area contributed by atoms with Crippen molar-refractivity contribution in [2.45, 2.75) is 0 Å². The summed E-state index contributed by atoms with van der Waals surface area (Å²) in [4.78, 5) is 10.6. The molecule has 1 radical (unpaired) electrons. The Morgan fingerprint density at radius 2 is 1.87 bits per heavy atom. The lowest BCUT2D eigenvalue weighted by atomic mass is 10.1. The van der Waals surface area contributed by atoms with E-state index in [1.54, 1.807) is 24.3 Å². The number of benzene rings is 2. The van der Waals surface area contributed by atoms with E-state index in [4.69, 9.17) is 9.68 Å². The third-order valence-electron chi connectivity index (χ3n) is 2.16. The largest absolute Gasteiger partial charge is 0.569 e. The number of hydrogen-bond donors (Lipinski definition) is 1. The zero-order valence-electron chi connectivity index (χ0n) is 7.88. The summed E-state index contributed by atoms with van der Waals surface area (Å²) in [6.07, 6.45) is 0.811. The summed E-state index contributed by atoms with van der Waals surface area (Å²) in [5, 5.41) is 10.4. The first-order valence-corrected chi connectivity index (χ1v) is 4.45. The fourth-order valence-electron chi connectivity index (χ4n) is 1.45. The van der Waals surface area contributed by atoms with E-state index in [1.165, 1.54) is 0 Å². The van der Waals surface area contributed by atoms with Crippen LogP contribution >= 0.6 is 0 Å². The van der Waals surface area contributed by atoms with Crippen molar-refractivity contribution in [2.75, 3.05) is 0 Å². The van der Waals surface area contributed by atoms with E-state index < -0.39 is 0 Å². The summed E-state index contributed by atoms with van der Waals surface area (Å²) in [6, 6.07) is 10.7. The summed E-state index contributed by atoms with van der Waals surface area (Å²) in [5.41, 5.74) is 0.643. The standard InChI is InChI=1S/C11H8BO3/c13-7-8-1-2-10-6-11(15-12-14)4-3-9(10)5-8/h1-7,14H. The molecule has 0 heterocycles. The molecule has 0 spiro atoms. The number of hydrogen-bond acceptors (Lipinski definition) is 3. The van der Waals surface area contributed by atoms with Gasteiger partial charge in [-0.2, -0.15) is 0 Å². The molecule has 73 valence electrons. The van der Waals surface area contributed by atoms with E-state index in [-0.39, 0.29) is 0 Å². The van der Waals surface area contributed by atoms with Crippen molar-refractivity contribution in [2.24, 2.45) is 0 Å². The van der Waals surface area contributed by atoms with Crippen molar-refractivity contribution in [3.8, 4) is 5.75 Å². The maximum atomic E-state index is 10.6. The minimum atomic E-state index is 0.559. The highest BCUT2D eigenvalue weighted by molar-refractivity contribution is 6.17. The van der Waals surface area contributed by atoms with E-state index in [2.05, 4.69) is 0 Å². The van der Waals surface area contributed by atoms with Crippen LogP contribution in [0.4, 0.5) is 0 Å². The van der Waals surface area contributed by atoms with Gasteiger partial charge in [0.15, 0.2) is 0 Å². The van der Waals surface area contributed by atoms with E-state index in [0.29, 0.717) is 19.0 Å². The van der Waals surface area contributed by atoms with Crippen LogP contribution in [-0.4, -0.2) is 19.0 Å². The minimum Gasteiger partial charge on any atom is -0.537 e. The van der Waals surface area contributed by atoms with E-state index in [9.17, 15) is 4.79 Å². The molecule has 4 heteroatoms. The Labute approximate surface area is 87.6 Å². The zero-order chi connectivity index (χ0) is 10.7. The lowest BCUT2D eigenvalue weighted by molar-refractivity contribution is 0.112. The molecule has 15 heavy (non-hydrogen) atoms. The molecule has 3 nitrogen and oxygen atoms in total. The molecule has 0 saturated carbocycles. The second-order valence-corrected chi connectivity index (χ2v) is 3.11. The van der Waals surface area contributed by atoms with Crippen LogP contribution in [0.25, 0.3) is 10.8 Å². The normalized spacial score (nSPS) is 9.93. The van der Waals surface area contributed by atoms with Gasteiger partial charge >= 0.3 is 7.69 Å². The van der Waals surface area contributed by atoms with Gasteiger partial charge in [-0.25, -0.2) is 0 Å². The van der Waals surface area contributed by atoms with Crippen molar-refractivity contribution in [1.29, 1.82) is 0 Å². The maximum absolute atomic E-state index is 10.6. The Morgan fingerprint density at radius 3 is 2.60 bits per heavy atom. The molecule has 0 bridgehead atoms. The highest BCUT2D eigenvalue weighted by atomic mass is 16.5. The highest BCUT2D eigenvalue weighted by Crippen LogP contribution is 2.21. The lowest BCUT2D eigenvalue weighted by Gasteiger charge is -2.03. The van der Waals surface area contributed by atoms with Crippen LogP contribution in [0.2, 0.25) is 0 Å². The molecule has 0 saturated heterocycles. The molecular weight excluding hydrogens is 191 g/mol. The monoisotopic (exact) mass is 199 g/mol. The topological polar surface area (TPSA) is 46.5 Å². The number of carbonyl (C=O) groups excluding carboxylic acids is 1. The van der Waals surface area contributed by atoms with Gasteiger partial charge in [0.1, 0.15) is 12.0 Å². The molecule has 0 fully saturated rings. The highest BCUT2D eigenvalue weighted by Gasteiger charge is 1.99. The summed E-state index contributed by atoms with van der Waals surface area (Å²) in [5.74, 6) is 0.559. The van der Waals surface area contributed by atoms with Crippen molar-refractivity contribution in [3.63, 3.8) is 0 Å². The fourth-order valence-corrected chi connectivity index (χ4v) is 1.45. The van der Waals surface area contributed by atoms with Gasteiger partial charge in [0.05, 0.1) is 0 Å². The van der Waals surface area contributed by atoms with Gasteiger partial charge in [-0.1, -0.05) is 18.2 Å². The Morgan fingerprint density at radius 1 is 1.13 bits per heavy atom. The first-order chi connectivity index (χ1) is 7.33. The minimum absolute atomic E-state index is 0.559. The lowest BCUT2D eigenvalue weighted by Crippen LogP contribution is -1.99. The first-order valence-electron chi connectivity index (χ1n) is 4.45. The summed E-state index contributed by atoms with van der Waals surface area (Å²) in [7, 11) is 0.640. The van der Waals surface area contributed by atoms with Gasteiger partial charge in [0.2, 0.25) is 0 Å². The maximum Gasteiger partial charge on any atom is 0.569 e. The smallest absolute Gasteiger partial charge is 0.537 e. The van der Waals surface area contributed by atoms with Crippen LogP contribution in [0, 0.1) is 0 Å². The van der Waals surface area contributed by atoms with Crippen LogP contribution in [0.3, 0.4) is 0 Å². The van der Waals surface area contributed by atoms with Crippen LogP contribution in [0.1, 0.15) is 10.4 Å². The molecule has 0 unspecified atom stereocenters. The number of aldehydes is 1. The predicted molar refractivity (Wildman–Crippen MR) is 57.9 cm³/mol. The number of fused-ring (bicyclic) bond motifs is 1. The summed E-state index contributed by atoms with van der Waals surface area (Å²) >= 11 is 0. The average molecular weight is 199 g/mol. The van der Waals surface area contributed by atoms with Gasteiger partial charge < -0.3 is 9.68 Å². The molecule has 2 aromatic carbocycles. The molecule has 0 aliphatic heterocycles. The van der Waals surface area contributed by atoms with Crippen molar-refractivity contribution < 1.29 is 14.5 Å². The number of carbonyl (C=O) groups is 1. The van der Waals surface area contributed by atoms with E-state index in [1.807, 2.05) is 12.1 Å². The molecule has 2 aromatic rings. The Kier molecular flexibility index (Phi) is 2.69. The molecule has 0 aliphatic rings. The van der Waals surface area contributed by atoms with E-state index in [0.717, 1.165) is 17.1 Å². The SMILES string of the molecule is O=Cc1ccc2cc(O[B]O)ccc2c1. The predicted octanol–water partition coefficient (Wildman–Crippen LogP) is 1.56. The van der Waals surface area contributed by atoms with Crippen LogP contribution in [0.5, 0.6) is 5.75 Å². The summed E-state index contributed by atoms with van der Waals surface area (Å²) < 4.78 is 4.83. The molecular formula is C11H8BO3. The molecule has 0 amide bonds. The second-order valence-electron chi connectivity index (χ2n) is 3.11.